The number of hydrogen-bond donors (Lipinski definition) is 4. The molecule has 1 aliphatic carbocycles. The fraction of sp³-hybridized carbons (Fsp3) is 0.542. The molecule has 0 bridgehead atoms. The lowest BCUT2D eigenvalue weighted by molar-refractivity contribution is -0.135. The lowest BCUT2D eigenvalue weighted by Crippen LogP contribution is -2.56. The van der Waals surface area contributed by atoms with Gasteiger partial charge in [-0.3, -0.25) is 15.6 Å². The van der Waals surface area contributed by atoms with Crippen molar-refractivity contribution in [2.45, 2.75) is 61.6 Å². The van der Waals surface area contributed by atoms with Gasteiger partial charge in [0.25, 0.3) is 5.92 Å². The summed E-state index contributed by atoms with van der Waals surface area (Å²) in [5.74, 6) is -4.24. The molecule has 2 amide bonds. The van der Waals surface area contributed by atoms with Crippen LogP contribution in [0.1, 0.15) is 37.7 Å². The molecule has 0 radical (unpaired) electrons. The summed E-state index contributed by atoms with van der Waals surface area (Å²) < 4.78 is 30.0. The van der Waals surface area contributed by atoms with E-state index in [1.165, 1.54) is 11.0 Å². The molecule has 188 valence electrons. The molecule has 11 heteroatoms. The van der Waals surface area contributed by atoms with E-state index in [0.717, 1.165) is 0 Å². The predicted octanol–water partition coefficient (Wildman–Crippen LogP) is 2.32. The van der Waals surface area contributed by atoms with Gasteiger partial charge in [0.15, 0.2) is 0 Å². The molecule has 1 unspecified atom stereocenters. The minimum atomic E-state index is -3.08. The molecular formula is C24H29F2N5O4. The maximum Gasteiger partial charge on any atom is 0.354 e. The van der Waals surface area contributed by atoms with E-state index in [0.29, 0.717) is 37.8 Å². The maximum atomic E-state index is 15.0. The first-order chi connectivity index (χ1) is 16.6. The van der Waals surface area contributed by atoms with Gasteiger partial charge in [-0.05, 0) is 37.3 Å². The highest BCUT2D eigenvalue weighted by atomic mass is 19.3. The summed E-state index contributed by atoms with van der Waals surface area (Å²) in [5.41, 5.74) is 1.09. The average molecular weight is 490 g/mol. The Morgan fingerprint density at radius 3 is 2.66 bits per heavy atom. The zero-order chi connectivity index (χ0) is 25.1. The molecule has 1 saturated carbocycles. The molecule has 1 saturated heterocycles. The molecule has 3 aliphatic rings. The van der Waals surface area contributed by atoms with E-state index in [1.54, 1.807) is 30.3 Å². The van der Waals surface area contributed by atoms with E-state index in [9.17, 15) is 28.7 Å². The van der Waals surface area contributed by atoms with Crippen molar-refractivity contribution in [3.05, 3.63) is 47.7 Å². The zero-order valence-corrected chi connectivity index (χ0v) is 19.2. The van der Waals surface area contributed by atoms with Crippen molar-refractivity contribution in [3.8, 4) is 6.07 Å². The van der Waals surface area contributed by atoms with Crippen molar-refractivity contribution in [1.82, 2.24) is 21.0 Å². The van der Waals surface area contributed by atoms with Crippen LogP contribution in [-0.2, 0) is 16.1 Å². The number of hydroxylamine groups is 1. The normalized spacial score (nSPS) is 23.7. The van der Waals surface area contributed by atoms with Crippen LogP contribution in [0.15, 0.2) is 42.1 Å². The van der Waals surface area contributed by atoms with Gasteiger partial charge in [-0.1, -0.05) is 30.3 Å². The van der Waals surface area contributed by atoms with Gasteiger partial charge in [-0.25, -0.2) is 18.4 Å². The molecule has 9 nitrogen and oxygen atoms in total. The Hall–Kier alpha value is -3.23. The number of rotatable bonds is 9. The molecule has 1 aromatic carbocycles. The number of urea groups is 1. The van der Waals surface area contributed by atoms with Gasteiger partial charge in [0, 0.05) is 32.0 Å². The smallest absolute Gasteiger partial charge is 0.354 e. The summed E-state index contributed by atoms with van der Waals surface area (Å²) in [7, 11) is 0. The molecule has 2 atom stereocenters. The molecule has 1 spiro atoms. The number of piperidine rings is 1. The van der Waals surface area contributed by atoms with Crippen LogP contribution in [0.2, 0.25) is 0 Å². The standard InChI is InChI=1S/C24H29F2N5O4/c25-24(26,11-17-5-2-1-3-6-17)12-18(14-28-22(15-27)8-9-22)29-21(34)31-10-4-7-23(16-31)13-19(20(32)33)30-35-23/h1-3,5-6,13,18,28,30H,4,7-12,14,16H2,(H,29,34)(H,32,33)/t18-,23?/m0/s1. The van der Waals surface area contributed by atoms with Gasteiger partial charge >= 0.3 is 12.0 Å². The Labute approximate surface area is 202 Å². The van der Waals surface area contributed by atoms with Crippen LogP contribution >= 0.6 is 0 Å². The van der Waals surface area contributed by atoms with Crippen LogP contribution in [-0.4, -0.2) is 64.7 Å². The number of nitrogens with one attached hydrogen (secondary N) is 3. The molecular weight excluding hydrogens is 460 g/mol. The fourth-order valence-corrected chi connectivity index (χ4v) is 4.55. The van der Waals surface area contributed by atoms with Gasteiger partial charge in [-0.15, -0.1) is 0 Å². The first kappa shape index (κ1) is 24.9. The molecule has 2 heterocycles. The number of carboxylic acid groups (broad SMARTS) is 1. The fourth-order valence-electron chi connectivity index (χ4n) is 4.55. The quantitative estimate of drug-likeness (QED) is 0.419. The molecule has 2 aliphatic heterocycles. The number of benzene rings is 1. The average Bonchev–Trinajstić information content (AvgIpc) is 3.50. The number of alkyl halides is 2. The summed E-state index contributed by atoms with van der Waals surface area (Å²) in [4.78, 5) is 31.3. The van der Waals surface area contributed by atoms with E-state index in [2.05, 4.69) is 22.2 Å². The second kappa shape index (κ2) is 9.79. The Bertz CT molecular complexity index is 1020. The topological polar surface area (TPSA) is 127 Å². The first-order valence-electron chi connectivity index (χ1n) is 11.7. The Kier molecular flexibility index (Phi) is 6.96. The van der Waals surface area contributed by atoms with Gasteiger partial charge in [0.05, 0.1) is 12.6 Å². The van der Waals surface area contributed by atoms with Crippen LogP contribution in [0.25, 0.3) is 0 Å². The van der Waals surface area contributed by atoms with Crippen LogP contribution < -0.4 is 16.1 Å². The number of carbonyl (C=O) groups excluding carboxylic acids is 1. The third kappa shape index (κ3) is 6.26. The van der Waals surface area contributed by atoms with Gasteiger partial charge in [0.1, 0.15) is 16.8 Å². The summed E-state index contributed by atoms with van der Waals surface area (Å²) in [6.45, 7) is 0.505. The molecule has 2 fully saturated rings. The lowest BCUT2D eigenvalue weighted by Gasteiger charge is -2.38. The highest BCUT2D eigenvalue weighted by Gasteiger charge is 2.45. The largest absolute Gasteiger partial charge is 0.477 e. The summed E-state index contributed by atoms with van der Waals surface area (Å²) in [5, 5.41) is 24.3. The lowest BCUT2D eigenvalue weighted by atomic mass is 9.92. The van der Waals surface area contributed by atoms with Crippen LogP contribution in [0, 0.1) is 11.3 Å². The molecule has 4 N–H and O–H groups in total. The van der Waals surface area contributed by atoms with Crippen molar-refractivity contribution in [2.75, 3.05) is 19.6 Å². The number of amides is 2. The second-order valence-corrected chi connectivity index (χ2v) is 9.60. The summed E-state index contributed by atoms with van der Waals surface area (Å²) >= 11 is 0. The highest BCUT2D eigenvalue weighted by molar-refractivity contribution is 5.86. The zero-order valence-electron chi connectivity index (χ0n) is 19.2. The SMILES string of the molecule is N#CC1(NC[C@H](CC(F)(F)Cc2ccccc2)NC(=O)N2CCCC3(C=C(C(=O)O)NO3)C2)CC1. The van der Waals surface area contributed by atoms with E-state index >= 15 is 0 Å². The minimum absolute atomic E-state index is 0.0315. The molecule has 1 aromatic rings. The number of halogens is 2. The molecule has 0 aromatic heterocycles. The third-order valence-corrected chi connectivity index (χ3v) is 6.60. The number of likely N-dealkylation sites (tertiary alicyclic amines) is 1. The van der Waals surface area contributed by atoms with Crippen molar-refractivity contribution in [2.24, 2.45) is 0 Å². The number of carboxylic acids is 1. The van der Waals surface area contributed by atoms with Gasteiger partial charge in [0.2, 0.25) is 0 Å². The molecule has 35 heavy (non-hydrogen) atoms. The van der Waals surface area contributed by atoms with Crippen LogP contribution in [0.4, 0.5) is 13.6 Å². The van der Waals surface area contributed by atoms with Crippen molar-refractivity contribution >= 4 is 12.0 Å². The number of nitriles is 1. The van der Waals surface area contributed by atoms with E-state index < -0.39 is 47.9 Å². The highest BCUT2D eigenvalue weighted by Crippen LogP contribution is 2.35. The number of carbonyl (C=O) groups is 2. The Balaban J connectivity index is 1.42. The monoisotopic (exact) mass is 489 g/mol. The number of hydrogen-bond acceptors (Lipinski definition) is 6. The molecule has 4 rings (SSSR count). The van der Waals surface area contributed by atoms with Gasteiger partial charge in [-0.2, -0.15) is 5.26 Å². The summed E-state index contributed by atoms with van der Waals surface area (Å²) in [6.07, 6.45) is 2.75. The van der Waals surface area contributed by atoms with E-state index in [4.69, 9.17) is 4.84 Å². The van der Waals surface area contributed by atoms with Gasteiger partial charge < -0.3 is 15.3 Å². The van der Waals surface area contributed by atoms with Crippen LogP contribution in [0.5, 0.6) is 0 Å². The number of aliphatic carboxylic acids is 1. The maximum absolute atomic E-state index is 15.0. The van der Waals surface area contributed by atoms with E-state index in [1.807, 2.05) is 0 Å². The van der Waals surface area contributed by atoms with Crippen molar-refractivity contribution < 1.29 is 28.3 Å². The minimum Gasteiger partial charge on any atom is -0.477 e. The van der Waals surface area contributed by atoms with Crippen molar-refractivity contribution in [3.63, 3.8) is 0 Å². The Morgan fingerprint density at radius 1 is 1.29 bits per heavy atom. The second-order valence-electron chi connectivity index (χ2n) is 9.60. The summed E-state index contributed by atoms with van der Waals surface area (Å²) in [6, 6.07) is 9.15. The van der Waals surface area contributed by atoms with Crippen molar-refractivity contribution in [1.29, 1.82) is 5.26 Å². The first-order valence-corrected chi connectivity index (χ1v) is 11.7. The third-order valence-electron chi connectivity index (χ3n) is 6.60. The predicted molar refractivity (Wildman–Crippen MR) is 121 cm³/mol. The Morgan fingerprint density at radius 2 is 2.03 bits per heavy atom. The van der Waals surface area contributed by atoms with E-state index in [-0.39, 0.29) is 18.8 Å². The van der Waals surface area contributed by atoms with Crippen LogP contribution in [0.3, 0.4) is 0 Å². The number of nitrogens with zero attached hydrogens (tertiary/aromatic N) is 2.